The molecule has 4 saturated heterocycles. The smallest absolute Gasteiger partial charge is 0.407 e. The summed E-state index contributed by atoms with van der Waals surface area (Å²) >= 11 is 0. The summed E-state index contributed by atoms with van der Waals surface area (Å²) in [5, 5.41) is 11.8. The van der Waals surface area contributed by atoms with E-state index in [1.54, 1.807) is 30.3 Å². The fourth-order valence-electron chi connectivity index (χ4n) is 9.75. The van der Waals surface area contributed by atoms with Gasteiger partial charge in [0.15, 0.2) is 15.5 Å². The largest absolute Gasteiger partial charge is 0.453 e. The fraction of sp³-hybridized carbons (Fsp3) is 0.658. The third-order valence-electron chi connectivity index (χ3n) is 12.5. The lowest BCUT2D eigenvalue weighted by Crippen LogP contribution is -2.65. The summed E-state index contributed by atoms with van der Waals surface area (Å²) in [4.78, 5) is 21.3. The highest BCUT2D eigenvalue weighted by molar-refractivity contribution is 7.92. The average molecular weight is 730 g/mol. The van der Waals surface area contributed by atoms with Crippen molar-refractivity contribution in [2.45, 2.75) is 65.8 Å². The molecule has 0 spiro atoms. The molecule has 7 rings (SSSR count). The molecule has 5 aliphatic rings. The highest BCUT2D eigenvalue weighted by Crippen LogP contribution is 2.51. The van der Waals surface area contributed by atoms with Crippen molar-refractivity contribution in [1.29, 1.82) is 0 Å². The van der Waals surface area contributed by atoms with Crippen LogP contribution in [0.1, 0.15) is 44.1 Å². The number of carbonyl (C=O) groups excluding carboxylic acids is 1. The molecule has 1 amide bonds. The first-order chi connectivity index (χ1) is 24.5. The molecule has 280 valence electrons. The highest BCUT2D eigenvalue weighted by atomic mass is 32.2. The maximum absolute atomic E-state index is 16.2. The first-order valence-corrected chi connectivity index (χ1v) is 20.2. The molecule has 1 unspecified atom stereocenters. The van der Waals surface area contributed by atoms with Gasteiger partial charge in [-0.15, -0.1) is 0 Å². The average Bonchev–Trinajstić information content (AvgIpc) is 3.53. The van der Waals surface area contributed by atoms with E-state index >= 15 is 4.39 Å². The second-order valence-electron chi connectivity index (χ2n) is 15.7. The molecule has 1 aliphatic carbocycles. The Kier molecular flexibility index (Phi) is 10.7. The van der Waals surface area contributed by atoms with Crippen molar-refractivity contribution in [2.75, 3.05) is 90.6 Å². The van der Waals surface area contributed by atoms with E-state index in [2.05, 4.69) is 21.2 Å². The van der Waals surface area contributed by atoms with Crippen LogP contribution < -0.4 is 10.2 Å². The van der Waals surface area contributed by atoms with E-state index in [9.17, 15) is 17.6 Å². The fourth-order valence-corrected chi connectivity index (χ4v) is 11.5. The lowest BCUT2D eigenvalue weighted by molar-refractivity contribution is 0.00584. The number of sulfone groups is 1. The molecule has 4 aliphatic heterocycles. The van der Waals surface area contributed by atoms with Crippen molar-refractivity contribution in [3.8, 4) is 0 Å². The number of halogens is 2. The molecule has 51 heavy (non-hydrogen) atoms. The van der Waals surface area contributed by atoms with Gasteiger partial charge in [-0.3, -0.25) is 9.80 Å². The third kappa shape index (κ3) is 7.38. The number of likely N-dealkylation sites (tertiary alicyclic amines) is 3. The Morgan fingerprint density at radius 1 is 0.980 bits per heavy atom. The second kappa shape index (κ2) is 14.9. The van der Waals surface area contributed by atoms with Gasteiger partial charge in [0.2, 0.25) is 0 Å². The Labute approximate surface area is 301 Å². The molecule has 2 aromatic rings. The minimum Gasteiger partial charge on any atom is -0.453 e. The van der Waals surface area contributed by atoms with Gasteiger partial charge in [0.25, 0.3) is 0 Å². The number of β-amino-alcohol motifs (C(OH)–C–C–N with tert-alkyl or cyclic N) is 1. The maximum atomic E-state index is 16.2. The number of rotatable bonds is 13. The molecule has 2 N–H and O–H groups in total. The lowest BCUT2D eigenvalue weighted by atomic mass is 9.57. The number of ether oxygens (including phenoxy) is 1. The number of alkyl carbamates (subject to hydrolysis) is 1. The van der Waals surface area contributed by atoms with Crippen molar-refractivity contribution in [3.63, 3.8) is 0 Å². The van der Waals surface area contributed by atoms with Gasteiger partial charge in [0.05, 0.1) is 37.0 Å². The Balaban J connectivity index is 1.00. The summed E-state index contributed by atoms with van der Waals surface area (Å²) in [6.07, 6.45) is 5.23. The first-order valence-electron chi connectivity index (χ1n) is 18.7. The topological polar surface area (TPSA) is 106 Å². The van der Waals surface area contributed by atoms with Gasteiger partial charge in [-0.05, 0) is 112 Å². The molecule has 5 fully saturated rings. The molecule has 2 aromatic carbocycles. The maximum Gasteiger partial charge on any atom is 0.407 e. The van der Waals surface area contributed by atoms with Crippen LogP contribution in [-0.4, -0.2) is 137 Å². The van der Waals surface area contributed by atoms with E-state index in [-0.39, 0.29) is 53.7 Å². The molecule has 0 radical (unpaired) electrons. The number of aliphatic hydroxyl groups is 1. The van der Waals surface area contributed by atoms with Crippen molar-refractivity contribution >= 4 is 21.6 Å². The number of hydrogen-bond donors (Lipinski definition) is 2. The SMILES string of the molecule is COC(=O)N[C@H]1CCC[C@@H]1C(CN1CCC1)(c1cccc(F)c1)C1CCN(CC2(F)CN(c3ccc(S(=O)(=O)C4CN(CCO)C4)cc3)C2)CC1. The summed E-state index contributed by atoms with van der Waals surface area (Å²) in [5.74, 6) is 0.115. The number of carbonyl (C=O) groups is 1. The van der Waals surface area contributed by atoms with Crippen molar-refractivity contribution in [2.24, 2.45) is 11.8 Å². The summed E-state index contributed by atoms with van der Waals surface area (Å²) in [6.45, 7) is 6.54. The number of amides is 1. The normalized spacial score (nSPS) is 26.2. The Morgan fingerprint density at radius 3 is 2.33 bits per heavy atom. The molecular formula is C38H53F2N5O5S. The number of hydrogen-bond acceptors (Lipinski definition) is 9. The minimum atomic E-state index is -3.45. The van der Waals surface area contributed by atoms with Gasteiger partial charge in [-0.2, -0.15) is 0 Å². The molecule has 10 nitrogen and oxygen atoms in total. The summed E-state index contributed by atoms with van der Waals surface area (Å²) < 4.78 is 62.2. The number of nitrogens with zero attached hydrogens (tertiary/aromatic N) is 4. The van der Waals surface area contributed by atoms with E-state index in [1.807, 2.05) is 15.9 Å². The summed E-state index contributed by atoms with van der Waals surface area (Å²) in [7, 11) is -2.06. The number of aliphatic hydroxyl groups excluding tert-OH is 1. The Morgan fingerprint density at radius 2 is 1.71 bits per heavy atom. The van der Waals surface area contributed by atoms with E-state index in [0.29, 0.717) is 26.2 Å². The van der Waals surface area contributed by atoms with Crippen LogP contribution in [0.3, 0.4) is 0 Å². The Bertz CT molecular complexity index is 1630. The zero-order chi connectivity index (χ0) is 35.8. The Hall–Kier alpha value is -2.84. The van der Waals surface area contributed by atoms with Gasteiger partial charge in [-0.1, -0.05) is 18.6 Å². The molecular weight excluding hydrogens is 677 g/mol. The van der Waals surface area contributed by atoms with E-state index in [4.69, 9.17) is 9.84 Å². The lowest BCUT2D eigenvalue weighted by Gasteiger charge is -2.54. The van der Waals surface area contributed by atoms with Crippen molar-refractivity contribution in [1.82, 2.24) is 20.0 Å². The van der Waals surface area contributed by atoms with Gasteiger partial charge < -0.3 is 25.0 Å². The number of nitrogens with one attached hydrogen (secondary N) is 1. The molecule has 3 atom stereocenters. The highest BCUT2D eigenvalue weighted by Gasteiger charge is 2.54. The minimum absolute atomic E-state index is 0.0141. The van der Waals surface area contributed by atoms with Gasteiger partial charge >= 0.3 is 6.09 Å². The van der Waals surface area contributed by atoms with Crippen molar-refractivity contribution in [3.05, 3.63) is 59.9 Å². The first kappa shape index (κ1) is 36.5. The van der Waals surface area contributed by atoms with Crippen LogP contribution in [0.25, 0.3) is 0 Å². The number of methoxy groups -OCH3 is 1. The van der Waals surface area contributed by atoms with Crippen molar-refractivity contribution < 1.29 is 31.8 Å². The monoisotopic (exact) mass is 729 g/mol. The third-order valence-corrected chi connectivity index (χ3v) is 14.6. The molecule has 4 heterocycles. The van der Waals surface area contributed by atoms with Crippen LogP contribution in [0.2, 0.25) is 0 Å². The standard InChI is InChI=1S/C38H53F2N5O5S/c1-50-36(47)41-35-8-3-7-34(35)38(27-42-15-4-16-42,29-5-2-6-30(39)21-29)28-13-17-43(18-14-28)24-37(40)25-45(26-37)31-9-11-32(12-10-31)51(48,49)33-22-44(23-33)19-20-46/h2,5-6,9-12,21,28,33-35,46H,3-4,7-8,13-20,22-27H2,1H3,(H,41,47)/t34-,35-,38?/m0/s1. The molecule has 1 saturated carbocycles. The molecule has 0 aromatic heterocycles. The zero-order valence-electron chi connectivity index (χ0n) is 29.7. The van der Waals surface area contributed by atoms with Crippen LogP contribution in [0.5, 0.6) is 0 Å². The number of piperidine rings is 1. The van der Waals surface area contributed by atoms with Crippen LogP contribution in [0, 0.1) is 17.7 Å². The van der Waals surface area contributed by atoms with E-state index in [1.165, 1.54) is 13.2 Å². The number of anilines is 1. The number of alkyl halides is 1. The van der Waals surface area contributed by atoms with Crippen LogP contribution in [-0.2, 0) is 20.0 Å². The predicted molar refractivity (Wildman–Crippen MR) is 192 cm³/mol. The number of benzene rings is 2. The summed E-state index contributed by atoms with van der Waals surface area (Å²) in [6, 6.07) is 13.8. The van der Waals surface area contributed by atoms with E-state index in [0.717, 1.165) is 82.5 Å². The summed E-state index contributed by atoms with van der Waals surface area (Å²) in [5.41, 5.74) is 0.0872. The van der Waals surface area contributed by atoms with Gasteiger partial charge in [0.1, 0.15) is 5.82 Å². The van der Waals surface area contributed by atoms with Gasteiger partial charge in [-0.25, -0.2) is 22.0 Å². The molecule has 0 bridgehead atoms. The predicted octanol–water partition coefficient (Wildman–Crippen LogP) is 3.68. The van der Waals surface area contributed by atoms with Gasteiger partial charge in [0, 0.05) is 49.9 Å². The quantitative estimate of drug-likeness (QED) is 0.320. The molecule has 13 heteroatoms. The second-order valence-corrected chi connectivity index (χ2v) is 17.9. The van der Waals surface area contributed by atoms with Crippen LogP contribution in [0.15, 0.2) is 53.4 Å². The zero-order valence-corrected chi connectivity index (χ0v) is 30.5. The van der Waals surface area contributed by atoms with Crippen LogP contribution in [0.4, 0.5) is 19.3 Å². The van der Waals surface area contributed by atoms with E-state index < -0.39 is 26.8 Å². The van der Waals surface area contributed by atoms with Crippen LogP contribution >= 0.6 is 0 Å².